The Hall–Kier alpha value is -1.50. The lowest BCUT2D eigenvalue weighted by molar-refractivity contribution is -0.144. The fraction of sp³-hybridized carbons (Fsp3) is 0.636. The highest BCUT2D eigenvalue weighted by Crippen LogP contribution is 2.29. The van der Waals surface area contributed by atoms with Gasteiger partial charge in [0.25, 0.3) is 5.91 Å². The summed E-state index contributed by atoms with van der Waals surface area (Å²) in [5, 5.41) is 11.9. The number of nitrogens with one attached hydrogen (secondary N) is 1. The van der Waals surface area contributed by atoms with Gasteiger partial charge in [-0.25, -0.2) is 0 Å². The maximum atomic E-state index is 11.7. The van der Waals surface area contributed by atoms with Crippen LogP contribution in [0.1, 0.15) is 36.2 Å². The van der Waals surface area contributed by atoms with E-state index >= 15 is 0 Å². The van der Waals surface area contributed by atoms with Crippen LogP contribution >= 0.6 is 11.7 Å². The minimum Gasteiger partial charge on any atom is -0.481 e. The molecule has 0 saturated heterocycles. The molecule has 0 bridgehead atoms. The van der Waals surface area contributed by atoms with Crippen molar-refractivity contribution < 1.29 is 14.7 Å². The highest BCUT2D eigenvalue weighted by atomic mass is 32.1. The zero-order valence-electron chi connectivity index (χ0n) is 9.83. The Labute approximate surface area is 109 Å². The van der Waals surface area contributed by atoms with Crippen LogP contribution in [0.4, 0.5) is 0 Å². The normalized spacial score (nSPS) is 23.6. The number of nitrogens with zero attached hydrogens (tertiary/aromatic N) is 2. The largest absolute Gasteiger partial charge is 0.481 e. The highest BCUT2D eigenvalue weighted by Gasteiger charge is 2.30. The van der Waals surface area contributed by atoms with E-state index in [4.69, 9.17) is 5.11 Å². The Morgan fingerprint density at radius 2 is 2.22 bits per heavy atom. The van der Waals surface area contributed by atoms with Crippen molar-refractivity contribution in [2.24, 2.45) is 11.8 Å². The number of aromatic nitrogens is 2. The topological polar surface area (TPSA) is 92.2 Å². The molecule has 1 aliphatic rings. The highest BCUT2D eigenvalue weighted by molar-refractivity contribution is 6.99. The monoisotopic (exact) mass is 269 g/mol. The summed E-state index contributed by atoms with van der Waals surface area (Å²) in [7, 11) is 0. The average Bonchev–Trinajstić information content (AvgIpc) is 2.90. The van der Waals surface area contributed by atoms with Crippen LogP contribution in [0.2, 0.25) is 0 Å². The predicted molar refractivity (Wildman–Crippen MR) is 65.3 cm³/mol. The maximum absolute atomic E-state index is 11.7. The fourth-order valence-corrected chi connectivity index (χ4v) is 2.77. The molecule has 98 valence electrons. The molecule has 18 heavy (non-hydrogen) atoms. The summed E-state index contributed by atoms with van der Waals surface area (Å²) >= 11 is 0.980. The number of rotatable bonds is 4. The maximum Gasteiger partial charge on any atom is 0.306 e. The summed E-state index contributed by atoms with van der Waals surface area (Å²) in [6.07, 6.45) is 4.95. The van der Waals surface area contributed by atoms with Crippen molar-refractivity contribution in [3.8, 4) is 0 Å². The molecule has 1 amide bonds. The minimum atomic E-state index is -0.760. The summed E-state index contributed by atoms with van der Waals surface area (Å²) in [6, 6.07) is 0. The summed E-state index contributed by atoms with van der Waals surface area (Å²) in [4.78, 5) is 22.8. The van der Waals surface area contributed by atoms with Gasteiger partial charge in [-0.2, -0.15) is 8.75 Å². The van der Waals surface area contributed by atoms with Gasteiger partial charge in [-0.15, -0.1) is 0 Å². The zero-order valence-corrected chi connectivity index (χ0v) is 10.7. The van der Waals surface area contributed by atoms with Gasteiger partial charge in [0, 0.05) is 6.54 Å². The Balaban J connectivity index is 1.88. The van der Waals surface area contributed by atoms with E-state index in [9.17, 15) is 9.59 Å². The van der Waals surface area contributed by atoms with Crippen molar-refractivity contribution >= 4 is 23.6 Å². The van der Waals surface area contributed by atoms with E-state index in [-0.39, 0.29) is 17.7 Å². The molecule has 2 N–H and O–H groups in total. The Kier molecular flexibility index (Phi) is 4.24. The molecule has 2 rings (SSSR count). The molecule has 6 nitrogen and oxygen atoms in total. The first kappa shape index (κ1) is 12.9. The number of carboxylic acid groups (broad SMARTS) is 1. The van der Waals surface area contributed by atoms with Crippen LogP contribution in [-0.2, 0) is 4.79 Å². The first-order valence-electron chi connectivity index (χ1n) is 5.97. The first-order chi connectivity index (χ1) is 8.68. The fourth-order valence-electron chi connectivity index (χ4n) is 2.36. The molecule has 0 aliphatic heterocycles. The minimum absolute atomic E-state index is 0.0202. The molecule has 0 spiro atoms. The lowest BCUT2D eigenvalue weighted by Crippen LogP contribution is -2.37. The third-order valence-corrected chi connectivity index (χ3v) is 3.82. The SMILES string of the molecule is O=C(NCC1CCCCC1C(=O)O)c1cnsn1. The second-order valence-electron chi connectivity index (χ2n) is 4.49. The lowest BCUT2D eigenvalue weighted by Gasteiger charge is -2.28. The van der Waals surface area contributed by atoms with Crippen LogP contribution in [-0.4, -0.2) is 32.3 Å². The van der Waals surface area contributed by atoms with E-state index in [0.717, 1.165) is 31.0 Å². The van der Waals surface area contributed by atoms with E-state index in [1.54, 1.807) is 0 Å². The van der Waals surface area contributed by atoms with Crippen LogP contribution in [0.15, 0.2) is 6.20 Å². The summed E-state index contributed by atoms with van der Waals surface area (Å²) in [6.45, 7) is 0.396. The summed E-state index contributed by atoms with van der Waals surface area (Å²) in [5.41, 5.74) is 0.294. The smallest absolute Gasteiger partial charge is 0.306 e. The molecule has 0 radical (unpaired) electrons. The van der Waals surface area contributed by atoms with Crippen LogP contribution in [0.3, 0.4) is 0 Å². The van der Waals surface area contributed by atoms with E-state index in [1.165, 1.54) is 6.20 Å². The standard InChI is InChI=1S/C11H15N3O3S/c15-10(9-6-13-18-14-9)12-5-7-3-1-2-4-8(7)11(16)17/h6-8H,1-5H2,(H,12,15)(H,16,17). The van der Waals surface area contributed by atoms with Crippen LogP contribution < -0.4 is 5.32 Å². The quantitative estimate of drug-likeness (QED) is 0.855. The Morgan fingerprint density at radius 1 is 1.44 bits per heavy atom. The van der Waals surface area contributed by atoms with E-state index < -0.39 is 5.97 Å². The van der Waals surface area contributed by atoms with Crippen LogP contribution in [0.5, 0.6) is 0 Å². The second kappa shape index (κ2) is 5.90. The predicted octanol–water partition coefficient (Wildman–Crippen LogP) is 1.16. The molecule has 1 aliphatic carbocycles. The van der Waals surface area contributed by atoms with Gasteiger partial charge in [-0.1, -0.05) is 12.8 Å². The third-order valence-electron chi connectivity index (χ3n) is 3.35. The van der Waals surface area contributed by atoms with E-state index in [1.807, 2.05) is 0 Å². The van der Waals surface area contributed by atoms with Gasteiger partial charge >= 0.3 is 5.97 Å². The Bertz CT molecular complexity index is 421. The van der Waals surface area contributed by atoms with Crippen molar-refractivity contribution in [2.75, 3.05) is 6.54 Å². The third kappa shape index (κ3) is 3.04. The summed E-state index contributed by atoms with van der Waals surface area (Å²) in [5.74, 6) is -1.36. The molecule has 7 heteroatoms. The number of carbonyl (C=O) groups excluding carboxylic acids is 1. The van der Waals surface area contributed by atoms with Crippen molar-refractivity contribution in [1.82, 2.24) is 14.1 Å². The summed E-state index contributed by atoms with van der Waals surface area (Å²) < 4.78 is 7.59. The van der Waals surface area contributed by atoms with Gasteiger partial charge < -0.3 is 10.4 Å². The molecule has 1 saturated carbocycles. The van der Waals surface area contributed by atoms with Crippen molar-refractivity contribution in [2.45, 2.75) is 25.7 Å². The molecule has 1 aromatic heterocycles. The molecular weight excluding hydrogens is 254 g/mol. The van der Waals surface area contributed by atoms with Crippen LogP contribution in [0, 0.1) is 11.8 Å². The molecule has 1 aromatic rings. The first-order valence-corrected chi connectivity index (χ1v) is 6.70. The van der Waals surface area contributed by atoms with Gasteiger partial charge in [0.15, 0.2) is 5.69 Å². The molecule has 0 aromatic carbocycles. The second-order valence-corrected chi connectivity index (χ2v) is 5.05. The van der Waals surface area contributed by atoms with Crippen molar-refractivity contribution in [1.29, 1.82) is 0 Å². The average molecular weight is 269 g/mol. The van der Waals surface area contributed by atoms with Gasteiger partial charge in [-0.3, -0.25) is 9.59 Å². The van der Waals surface area contributed by atoms with E-state index in [0.29, 0.717) is 18.7 Å². The molecular formula is C11H15N3O3S. The van der Waals surface area contributed by atoms with Crippen molar-refractivity contribution in [3.05, 3.63) is 11.9 Å². The van der Waals surface area contributed by atoms with E-state index in [2.05, 4.69) is 14.1 Å². The number of hydrogen-bond donors (Lipinski definition) is 2. The molecule has 2 unspecified atom stereocenters. The number of hydrogen-bond acceptors (Lipinski definition) is 5. The Morgan fingerprint density at radius 3 is 2.89 bits per heavy atom. The number of carboxylic acids is 1. The lowest BCUT2D eigenvalue weighted by atomic mass is 9.79. The molecule has 1 heterocycles. The number of aliphatic carboxylic acids is 1. The zero-order chi connectivity index (χ0) is 13.0. The number of amides is 1. The van der Waals surface area contributed by atoms with Gasteiger partial charge in [0.1, 0.15) is 0 Å². The number of carbonyl (C=O) groups is 2. The molecule has 1 fully saturated rings. The van der Waals surface area contributed by atoms with Gasteiger partial charge in [0.05, 0.1) is 23.8 Å². The van der Waals surface area contributed by atoms with Gasteiger partial charge in [-0.05, 0) is 18.8 Å². The van der Waals surface area contributed by atoms with Crippen molar-refractivity contribution in [3.63, 3.8) is 0 Å². The van der Waals surface area contributed by atoms with Crippen LogP contribution in [0.25, 0.3) is 0 Å². The van der Waals surface area contributed by atoms with Gasteiger partial charge in [0.2, 0.25) is 0 Å². The molecule has 2 atom stereocenters.